The molecule has 1 unspecified atom stereocenters. The maximum atomic E-state index is 6.21. The van der Waals surface area contributed by atoms with Crippen molar-refractivity contribution in [1.82, 2.24) is 9.97 Å². The second kappa shape index (κ2) is 4.76. The highest BCUT2D eigenvalue weighted by molar-refractivity contribution is 7.18. The Balaban J connectivity index is 1.85. The molecule has 18 heavy (non-hydrogen) atoms. The fraction of sp³-hybridized carbons (Fsp3) is 0.231. The number of nitrogens with zero attached hydrogens (tertiary/aromatic N) is 2. The average Bonchev–Trinajstić information content (AvgIpc) is 2.95. The van der Waals surface area contributed by atoms with E-state index in [1.54, 1.807) is 22.7 Å². The van der Waals surface area contributed by atoms with E-state index in [9.17, 15) is 0 Å². The van der Waals surface area contributed by atoms with Gasteiger partial charge in [-0.15, -0.1) is 22.7 Å². The summed E-state index contributed by atoms with van der Waals surface area (Å²) in [7, 11) is 0. The van der Waals surface area contributed by atoms with Gasteiger partial charge in [0.15, 0.2) is 0 Å². The molecule has 3 aromatic rings. The van der Waals surface area contributed by atoms with Crippen molar-refractivity contribution in [3.8, 4) is 0 Å². The van der Waals surface area contributed by atoms with Gasteiger partial charge in [-0.05, 0) is 19.1 Å². The summed E-state index contributed by atoms with van der Waals surface area (Å²) in [5, 5.41) is 4.13. The molecule has 0 saturated heterocycles. The number of aryl methyl sites for hydroxylation is 1. The number of rotatable bonds is 3. The normalized spacial score (nSPS) is 13.0. The van der Waals surface area contributed by atoms with Crippen LogP contribution in [0.5, 0.6) is 0 Å². The second-order valence-corrected chi connectivity index (χ2v) is 6.22. The minimum atomic E-state index is -0.0621. The molecule has 0 radical (unpaired) electrons. The van der Waals surface area contributed by atoms with E-state index in [1.165, 1.54) is 4.70 Å². The van der Waals surface area contributed by atoms with Gasteiger partial charge in [0.1, 0.15) is 5.01 Å². The molecule has 3 rings (SSSR count). The molecule has 92 valence electrons. The summed E-state index contributed by atoms with van der Waals surface area (Å²) in [6.07, 6.45) is 0.762. The Morgan fingerprint density at radius 2 is 2.11 bits per heavy atom. The van der Waals surface area contributed by atoms with Crippen LogP contribution in [0.25, 0.3) is 10.2 Å². The number of hydrogen-bond donors (Lipinski definition) is 1. The van der Waals surface area contributed by atoms with E-state index >= 15 is 0 Å². The smallest absolute Gasteiger partial charge is 0.111 e. The molecule has 5 heteroatoms. The number of para-hydroxylation sites is 1. The molecule has 0 bridgehead atoms. The fourth-order valence-electron chi connectivity index (χ4n) is 1.82. The summed E-state index contributed by atoms with van der Waals surface area (Å²) < 4.78 is 1.19. The summed E-state index contributed by atoms with van der Waals surface area (Å²) in [5.41, 5.74) is 8.31. The average molecular weight is 275 g/mol. The van der Waals surface area contributed by atoms with Crippen LogP contribution in [0.1, 0.15) is 21.8 Å². The van der Waals surface area contributed by atoms with Crippen LogP contribution in [0.4, 0.5) is 0 Å². The van der Waals surface area contributed by atoms with Crippen molar-refractivity contribution in [2.24, 2.45) is 5.73 Å². The standard InChI is InChI=1S/C13H13N3S2/c1-8-7-17-12(15-8)6-9(14)13-16-10-4-2-3-5-11(10)18-13/h2-5,7,9H,6,14H2,1H3. The molecule has 2 N–H and O–H groups in total. The first-order chi connectivity index (χ1) is 8.72. The number of aromatic nitrogens is 2. The molecular weight excluding hydrogens is 262 g/mol. The minimum Gasteiger partial charge on any atom is -0.322 e. The van der Waals surface area contributed by atoms with E-state index in [2.05, 4.69) is 21.4 Å². The van der Waals surface area contributed by atoms with Crippen molar-refractivity contribution in [2.45, 2.75) is 19.4 Å². The summed E-state index contributed by atoms with van der Waals surface area (Å²) >= 11 is 3.34. The Bertz CT molecular complexity index is 638. The molecule has 3 nitrogen and oxygen atoms in total. The summed E-state index contributed by atoms with van der Waals surface area (Å²) in [4.78, 5) is 9.03. The molecule has 0 aliphatic rings. The molecule has 0 spiro atoms. The van der Waals surface area contributed by atoms with Gasteiger partial charge in [-0.2, -0.15) is 0 Å². The van der Waals surface area contributed by atoms with Crippen LogP contribution in [0, 0.1) is 6.92 Å². The van der Waals surface area contributed by atoms with E-state index in [0.29, 0.717) is 0 Å². The predicted molar refractivity (Wildman–Crippen MR) is 77.1 cm³/mol. The number of fused-ring (bicyclic) bond motifs is 1. The first-order valence-electron chi connectivity index (χ1n) is 5.74. The van der Waals surface area contributed by atoms with E-state index in [1.807, 2.05) is 25.1 Å². The predicted octanol–water partition coefficient (Wildman–Crippen LogP) is 3.30. The summed E-state index contributed by atoms with van der Waals surface area (Å²) in [6.45, 7) is 2.00. The second-order valence-electron chi connectivity index (χ2n) is 4.21. The van der Waals surface area contributed by atoms with Crippen LogP contribution >= 0.6 is 22.7 Å². The van der Waals surface area contributed by atoms with Crippen molar-refractivity contribution in [3.63, 3.8) is 0 Å². The fourth-order valence-corrected chi connectivity index (χ4v) is 3.62. The monoisotopic (exact) mass is 275 g/mol. The van der Waals surface area contributed by atoms with Crippen LogP contribution in [0.2, 0.25) is 0 Å². The van der Waals surface area contributed by atoms with Crippen molar-refractivity contribution in [3.05, 3.63) is 45.4 Å². The highest BCUT2D eigenvalue weighted by Crippen LogP contribution is 2.27. The van der Waals surface area contributed by atoms with Gasteiger partial charge in [-0.3, -0.25) is 0 Å². The molecule has 2 aromatic heterocycles. The number of hydrogen-bond acceptors (Lipinski definition) is 5. The van der Waals surface area contributed by atoms with Gasteiger partial charge in [-0.25, -0.2) is 9.97 Å². The van der Waals surface area contributed by atoms with Crippen molar-refractivity contribution in [2.75, 3.05) is 0 Å². The van der Waals surface area contributed by atoms with Crippen LogP contribution in [0.3, 0.4) is 0 Å². The van der Waals surface area contributed by atoms with Gasteiger partial charge in [0.05, 0.1) is 21.3 Å². The third-order valence-electron chi connectivity index (χ3n) is 2.69. The molecule has 0 aliphatic carbocycles. The van der Waals surface area contributed by atoms with Gasteiger partial charge >= 0.3 is 0 Å². The van der Waals surface area contributed by atoms with Gasteiger partial charge in [0, 0.05) is 17.5 Å². The van der Waals surface area contributed by atoms with Crippen molar-refractivity contribution >= 4 is 32.9 Å². The Morgan fingerprint density at radius 3 is 2.83 bits per heavy atom. The van der Waals surface area contributed by atoms with Crippen LogP contribution < -0.4 is 5.73 Å². The van der Waals surface area contributed by atoms with Gasteiger partial charge in [0.25, 0.3) is 0 Å². The quantitative estimate of drug-likeness (QED) is 0.798. The van der Waals surface area contributed by atoms with E-state index in [0.717, 1.165) is 27.6 Å². The number of thiazole rings is 2. The van der Waals surface area contributed by atoms with E-state index in [-0.39, 0.29) is 6.04 Å². The largest absolute Gasteiger partial charge is 0.322 e. The lowest BCUT2D eigenvalue weighted by Gasteiger charge is -2.04. The molecule has 2 heterocycles. The van der Waals surface area contributed by atoms with Crippen LogP contribution in [-0.4, -0.2) is 9.97 Å². The topological polar surface area (TPSA) is 51.8 Å². The number of nitrogens with two attached hydrogens (primary N) is 1. The molecular formula is C13H13N3S2. The summed E-state index contributed by atoms with van der Waals surface area (Å²) in [6, 6.07) is 8.07. The van der Waals surface area contributed by atoms with Gasteiger partial charge < -0.3 is 5.73 Å². The molecule has 0 saturated carbocycles. The Kier molecular flexibility index (Phi) is 3.11. The maximum absolute atomic E-state index is 6.21. The van der Waals surface area contributed by atoms with Gasteiger partial charge in [-0.1, -0.05) is 12.1 Å². The maximum Gasteiger partial charge on any atom is 0.111 e. The number of benzene rings is 1. The zero-order valence-corrected chi connectivity index (χ0v) is 11.6. The lowest BCUT2D eigenvalue weighted by molar-refractivity contribution is 0.712. The molecule has 1 atom stereocenters. The lowest BCUT2D eigenvalue weighted by Crippen LogP contribution is -2.12. The zero-order chi connectivity index (χ0) is 12.5. The minimum absolute atomic E-state index is 0.0621. The van der Waals surface area contributed by atoms with Crippen molar-refractivity contribution < 1.29 is 0 Å². The molecule has 0 amide bonds. The van der Waals surface area contributed by atoms with Crippen LogP contribution in [-0.2, 0) is 6.42 Å². The Hall–Kier alpha value is -1.30. The highest BCUT2D eigenvalue weighted by Gasteiger charge is 2.14. The van der Waals surface area contributed by atoms with Crippen molar-refractivity contribution in [1.29, 1.82) is 0 Å². The summed E-state index contributed by atoms with van der Waals surface area (Å²) in [5.74, 6) is 0. The lowest BCUT2D eigenvalue weighted by atomic mass is 10.2. The van der Waals surface area contributed by atoms with Crippen LogP contribution in [0.15, 0.2) is 29.6 Å². The van der Waals surface area contributed by atoms with E-state index in [4.69, 9.17) is 5.73 Å². The highest BCUT2D eigenvalue weighted by atomic mass is 32.1. The van der Waals surface area contributed by atoms with E-state index < -0.39 is 0 Å². The Labute approximate surface area is 113 Å². The molecule has 0 fully saturated rings. The third kappa shape index (κ3) is 2.29. The first kappa shape index (κ1) is 11.8. The SMILES string of the molecule is Cc1csc(CC(N)c2nc3ccccc3s2)n1. The molecule has 0 aliphatic heterocycles. The first-order valence-corrected chi connectivity index (χ1v) is 7.44. The zero-order valence-electron chi connectivity index (χ0n) is 9.96. The molecule has 1 aromatic carbocycles. The third-order valence-corrected chi connectivity index (χ3v) is 4.85. The Morgan fingerprint density at radius 1 is 1.28 bits per heavy atom. The van der Waals surface area contributed by atoms with Gasteiger partial charge in [0.2, 0.25) is 0 Å².